The van der Waals surface area contributed by atoms with Crippen molar-refractivity contribution >= 4 is 10.8 Å². The van der Waals surface area contributed by atoms with Crippen molar-refractivity contribution in [3.63, 3.8) is 0 Å². The Morgan fingerprint density at radius 2 is 1.85 bits per heavy atom. The van der Waals surface area contributed by atoms with Crippen molar-refractivity contribution in [2.24, 2.45) is 5.73 Å². The van der Waals surface area contributed by atoms with Crippen LogP contribution in [0.4, 0.5) is 0 Å². The molecule has 3 aromatic rings. The van der Waals surface area contributed by atoms with Crippen LogP contribution in [0.2, 0.25) is 0 Å². The molecule has 3 nitrogen and oxygen atoms in total. The topological polar surface area (TPSA) is 51.0 Å². The van der Waals surface area contributed by atoms with Crippen LogP contribution in [-0.2, 0) is 0 Å². The Morgan fingerprint density at radius 1 is 1.05 bits per heavy atom. The van der Waals surface area contributed by atoms with Crippen molar-refractivity contribution in [1.29, 1.82) is 0 Å². The number of H-pyrrole nitrogens is 1. The zero-order chi connectivity index (χ0) is 13.9. The number of hydrogen-bond acceptors (Lipinski definition) is 2. The van der Waals surface area contributed by atoms with Gasteiger partial charge in [-0.15, -0.1) is 0 Å². The van der Waals surface area contributed by atoms with Gasteiger partial charge in [0.05, 0.1) is 7.11 Å². The molecule has 0 aliphatic heterocycles. The van der Waals surface area contributed by atoms with E-state index in [1.807, 2.05) is 24.5 Å². The minimum Gasteiger partial charge on any atom is -0.497 e. The minimum absolute atomic E-state index is 0.229. The predicted molar refractivity (Wildman–Crippen MR) is 82.2 cm³/mol. The number of nitrogens with two attached hydrogens (primary N) is 1. The highest BCUT2D eigenvalue weighted by Crippen LogP contribution is 2.28. The second-order valence-corrected chi connectivity index (χ2v) is 4.91. The number of benzene rings is 2. The fourth-order valence-corrected chi connectivity index (χ4v) is 2.60. The third-order valence-electron chi connectivity index (χ3n) is 3.73. The van der Waals surface area contributed by atoms with Gasteiger partial charge < -0.3 is 15.5 Å². The Morgan fingerprint density at radius 3 is 2.55 bits per heavy atom. The normalized spacial score (nSPS) is 12.5. The molecular formula is C17H18N2O. The summed E-state index contributed by atoms with van der Waals surface area (Å²) in [7, 11) is 1.69. The Labute approximate surface area is 118 Å². The summed E-state index contributed by atoms with van der Waals surface area (Å²) in [6, 6.07) is 14.7. The van der Waals surface area contributed by atoms with Gasteiger partial charge in [-0.25, -0.2) is 0 Å². The fraction of sp³-hybridized carbons (Fsp3) is 0.176. The van der Waals surface area contributed by atoms with Gasteiger partial charge in [-0.2, -0.15) is 0 Å². The lowest BCUT2D eigenvalue weighted by Crippen LogP contribution is -2.13. The van der Waals surface area contributed by atoms with Crippen molar-refractivity contribution in [3.05, 3.63) is 66.0 Å². The molecular weight excluding hydrogens is 248 g/mol. The van der Waals surface area contributed by atoms with Gasteiger partial charge in [0.25, 0.3) is 0 Å². The molecule has 1 atom stereocenters. The SMILES string of the molecule is COc1ccc2cc(C(CN)c3cc[nH]c3)ccc2c1. The van der Waals surface area contributed by atoms with E-state index < -0.39 is 0 Å². The molecule has 0 amide bonds. The van der Waals surface area contributed by atoms with E-state index in [1.54, 1.807) is 7.11 Å². The van der Waals surface area contributed by atoms with E-state index in [4.69, 9.17) is 10.5 Å². The molecule has 1 unspecified atom stereocenters. The van der Waals surface area contributed by atoms with Crippen LogP contribution in [0.25, 0.3) is 10.8 Å². The Hall–Kier alpha value is -2.26. The maximum absolute atomic E-state index is 5.95. The lowest BCUT2D eigenvalue weighted by atomic mass is 9.91. The van der Waals surface area contributed by atoms with Crippen molar-refractivity contribution in [2.75, 3.05) is 13.7 Å². The van der Waals surface area contributed by atoms with Gasteiger partial charge in [0.2, 0.25) is 0 Å². The predicted octanol–water partition coefficient (Wildman–Crippen LogP) is 3.27. The lowest BCUT2D eigenvalue weighted by molar-refractivity contribution is 0.415. The fourth-order valence-electron chi connectivity index (χ4n) is 2.60. The summed E-state index contributed by atoms with van der Waals surface area (Å²) in [6.07, 6.45) is 3.94. The molecule has 2 aromatic carbocycles. The summed E-state index contributed by atoms with van der Waals surface area (Å²) in [5.74, 6) is 1.11. The van der Waals surface area contributed by atoms with Crippen LogP contribution in [-0.4, -0.2) is 18.6 Å². The van der Waals surface area contributed by atoms with E-state index in [0.717, 1.165) is 5.75 Å². The summed E-state index contributed by atoms with van der Waals surface area (Å²) in [4.78, 5) is 3.09. The average Bonchev–Trinajstić information content (AvgIpc) is 3.01. The number of rotatable bonds is 4. The Kier molecular flexibility index (Phi) is 3.44. The first-order chi connectivity index (χ1) is 9.81. The second kappa shape index (κ2) is 5.39. The zero-order valence-corrected chi connectivity index (χ0v) is 11.5. The molecule has 0 radical (unpaired) electrons. The molecule has 0 saturated heterocycles. The molecule has 0 spiro atoms. The smallest absolute Gasteiger partial charge is 0.119 e. The molecule has 0 aliphatic rings. The zero-order valence-electron chi connectivity index (χ0n) is 11.5. The molecule has 3 heteroatoms. The van der Waals surface area contributed by atoms with Crippen LogP contribution >= 0.6 is 0 Å². The van der Waals surface area contributed by atoms with E-state index in [0.29, 0.717) is 6.54 Å². The number of hydrogen-bond donors (Lipinski definition) is 2. The molecule has 3 rings (SSSR count). The molecule has 3 N–H and O–H groups in total. The first-order valence-corrected chi connectivity index (χ1v) is 6.72. The van der Waals surface area contributed by atoms with Gasteiger partial charge in [0.15, 0.2) is 0 Å². The van der Waals surface area contributed by atoms with Gasteiger partial charge in [-0.3, -0.25) is 0 Å². The summed E-state index contributed by atoms with van der Waals surface area (Å²) < 4.78 is 5.26. The largest absolute Gasteiger partial charge is 0.497 e. The van der Waals surface area contributed by atoms with Crippen LogP contribution in [0.15, 0.2) is 54.9 Å². The summed E-state index contributed by atoms with van der Waals surface area (Å²) in [5.41, 5.74) is 8.41. The second-order valence-electron chi connectivity index (χ2n) is 4.91. The first kappa shape index (κ1) is 12.8. The summed E-state index contributed by atoms with van der Waals surface area (Å²) in [5, 5.41) is 2.38. The third kappa shape index (κ3) is 2.28. The number of methoxy groups -OCH3 is 1. The molecule has 0 saturated carbocycles. The van der Waals surface area contributed by atoms with Crippen LogP contribution in [0.3, 0.4) is 0 Å². The van der Waals surface area contributed by atoms with Gasteiger partial charge in [0.1, 0.15) is 5.75 Å². The van der Waals surface area contributed by atoms with Crippen LogP contribution < -0.4 is 10.5 Å². The highest BCUT2D eigenvalue weighted by molar-refractivity contribution is 5.84. The van der Waals surface area contributed by atoms with Gasteiger partial charge in [-0.05, 0) is 40.1 Å². The van der Waals surface area contributed by atoms with Crippen LogP contribution in [0.5, 0.6) is 5.75 Å². The number of nitrogens with one attached hydrogen (secondary N) is 1. The Balaban J connectivity index is 2.04. The average molecular weight is 266 g/mol. The number of aromatic nitrogens is 1. The molecule has 102 valence electrons. The van der Waals surface area contributed by atoms with E-state index in [-0.39, 0.29) is 5.92 Å². The standard InChI is InChI=1S/C17H18N2O/c1-20-16-5-4-12-8-14(3-2-13(12)9-16)17(10-18)15-6-7-19-11-15/h2-9,11,17,19H,10,18H2,1H3. The van der Waals surface area contributed by atoms with Crippen LogP contribution in [0.1, 0.15) is 17.0 Å². The molecule has 0 aliphatic carbocycles. The van der Waals surface area contributed by atoms with Gasteiger partial charge >= 0.3 is 0 Å². The van der Waals surface area contributed by atoms with Crippen molar-refractivity contribution in [2.45, 2.75) is 5.92 Å². The molecule has 1 heterocycles. The molecule has 1 aromatic heterocycles. The Bertz CT molecular complexity index is 704. The summed E-state index contributed by atoms with van der Waals surface area (Å²) >= 11 is 0. The van der Waals surface area contributed by atoms with Gasteiger partial charge in [-0.1, -0.05) is 24.3 Å². The molecule has 0 bridgehead atoms. The van der Waals surface area contributed by atoms with Crippen molar-refractivity contribution < 1.29 is 4.74 Å². The van der Waals surface area contributed by atoms with Crippen LogP contribution in [0, 0.1) is 0 Å². The highest BCUT2D eigenvalue weighted by atomic mass is 16.5. The van der Waals surface area contributed by atoms with E-state index in [2.05, 4.69) is 35.3 Å². The number of ether oxygens (including phenoxy) is 1. The van der Waals surface area contributed by atoms with E-state index in [9.17, 15) is 0 Å². The lowest BCUT2D eigenvalue weighted by Gasteiger charge is -2.15. The van der Waals surface area contributed by atoms with Crippen molar-refractivity contribution in [3.8, 4) is 5.75 Å². The van der Waals surface area contributed by atoms with Crippen molar-refractivity contribution in [1.82, 2.24) is 4.98 Å². The quantitative estimate of drug-likeness (QED) is 0.761. The van der Waals surface area contributed by atoms with Gasteiger partial charge in [0, 0.05) is 24.9 Å². The number of fused-ring (bicyclic) bond motifs is 1. The molecule has 0 fully saturated rings. The highest BCUT2D eigenvalue weighted by Gasteiger charge is 2.13. The van der Waals surface area contributed by atoms with E-state index in [1.165, 1.54) is 21.9 Å². The molecule has 20 heavy (non-hydrogen) atoms. The monoisotopic (exact) mass is 266 g/mol. The first-order valence-electron chi connectivity index (χ1n) is 6.72. The third-order valence-corrected chi connectivity index (χ3v) is 3.73. The number of aromatic amines is 1. The maximum atomic E-state index is 5.95. The summed E-state index contributed by atoms with van der Waals surface area (Å²) in [6.45, 7) is 0.597. The maximum Gasteiger partial charge on any atom is 0.119 e. The minimum atomic E-state index is 0.229. The van der Waals surface area contributed by atoms with E-state index >= 15 is 0 Å².